The molecule has 0 spiro atoms. The number of aromatic nitrogens is 2. The van der Waals surface area contributed by atoms with Crippen LogP contribution in [0.2, 0.25) is 23.2 Å². The van der Waals surface area contributed by atoms with E-state index < -0.39 is 20.1 Å². The minimum absolute atomic E-state index is 0.0268. The van der Waals surface area contributed by atoms with Crippen molar-refractivity contribution in [2.45, 2.75) is 38.9 Å². The van der Waals surface area contributed by atoms with Gasteiger partial charge >= 0.3 is 0 Å². The second kappa shape index (κ2) is 12.2. The van der Waals surface area contributed by atoms with Crippen molar-refractivity contribution in [3.05, 3.63) is 77.2 Å². The van der Waals surface area contributed by atoms with Crippen LogP contribution in [0.25, 0.3) is 0 Å². The van der Waals surface area contributed by atoms with E-state index in [0.29, 0.717) is 35.1 Å². The summed E-state index contributed by atoms with van der Waals surface area (Å²) in [5, 5.41) is 15.6. The van der Waals surface area contributed by atoms with E-state index in [1.807, 2.05) is 0 Å². The minimum Gasteiger partial charge on any atom is -0.415 e. The Balaban J connectivity index is 1.64. The molecule has 11 heteroatoms. The number of nitrogens with zero attached hydrogens (tertiary/aromatic N) is 4. The largest absolute Gasteiger partial charge is 0.415 e. The zero-order valence-corrected chi connectivity index (χ0v) is 23.8. The summed E-state index contributed by atoms with van der Waals surface area (Å²) in [5.74, 6) is -0.967. The molecule has 1 aromatic heterocycles. The highest BCUT2D eigenvalue weighted by Crippen LogP contribution is 2.36. The van der Waals surface area contributed by atoms with Gasteiger partial charge in [-0.3, -0.25) is 14.5 Å². The molecule has 0 aliphatic carbocycles. The van der Waals surface area contributed by atoms with Crippen LogP contribution in [-0.2, 0) is 4.43 Å². The summed E-state index contributed by atoms with van der Waals surface area (Å²) in [6.45, 7) is 11.7. The van der Waals surface area contributed by atoms with Crippen molar-refractivity contribution in [2.24, 2.45) is 0 Å². The Kier molecular flexibility index (Phi) is 9.22. The molecule has 3 aromatic rings. The lowest BCUT2D eigenvalue weighted by molar-refractivity contribution is 0.102. The Morgan fingerprint density at radius 2 is 1.63 bits per heavy atom. The molecule has 0 saturated carbocycles. The van der Waals surface area contributed by atoms with E-state index in [0.717, 1.165) is 0 Å². The molecule has 0 aliphatic rings. The van der Waals surface area contributed by atoms with Crippen molar-refractivity contribution in [2.75, 3.05) is 28.7 Å². The minimum atomic E-state index is -1.91. The molecule has 9 nitrogen and oxygen atoms in total. The number of nitrogens with one attached hydrogen (secondary N) is 2. The van der Waals surface area contributed by atoms with Crippen molar-refractivity contribution < 1.29 is 14.0 Å². The molecular formula is C27H31ClN6O3Si. The van der Waals surface area contributed by atoms with Gasteiger partial charge in [0.15, 0.2) is 26.0 Å². The zero-order valence-electron chi connectivity index (χ0n) is 22.1. The average molecular weight is 551 g/mol. The standard InChI is InChI=1S/C27H31ClN6O3Si/c1-27(2,3)38(4,5)37-17-16-34(18-29)22-12-10-21(11-13-22)32-26(36)23-24(31-15-14-30-23)33-25(35)19-6-8-20(28)9-7-19/h6-15H,16-17H2,1-5H3,(H,32,36)(H,31,33,35). The molecule has 2 aromatic carbocycles. The highest BCUT2D eigenvalue weighted by molar-refractivity contribution is 6.74. The molecule has 0 aliphatic heterocycles. The molecule has 0 radical (unpaired) electrons. The third-order valence-electron chi connectivity index (χ3n) is 6.39. The maximum atomic E-state index is 12.9. The molecule has 0 fully saturated rings. The number of benzene rings is 2. The molecule has 38 heavy (non-hydrogen) atoms. The van der Waals surface area contributed by atoms with Crippen LogP contribution in [0.3, 0.4) is 0 Å². The second-order valence-corrected chi connectivity index (χ2v) is 15.3. The van der Waals surface area contributed by atoms with Gasteiger partial charge < -0.3 is 15.1 Å². The van der Waals surface area contributed by atoms with Gasteiger partial charge in [-0.25, -0.2) is 9.97 Å². The molecule has 0 unspecified atom stereocenters. The predicted octanol–water partition coefficient (Wildman–Crippen LogP) is 5.94. The third kappa shape index (κ3) is 7.38. The number of carbonyl (C=O) groups is 2. The molecule has 0 bridgehead atoms. The number of hydrogen-bond acceptors (Lipinski definition) is 7. The lowest BCUT2D eigenvalue weighted by atomic mass is 10.2. The zero-order chi connectivity index (χ0) is 27.9. The first-order valence-corrected chi connectivity index (χ1v) is 15.3. The van der Waals surface area contributed by atoms with Gasteiger partial charge in [0.25, 0.3) is 11.8 Å². The van der Waals surface area contributed by atoms with Crippen LogP contribution in [0.15, 0.2) is 60.9 Å². The van der Waals surface area contributed by atoms with E-state index in [-0.39, 0.29) is 16.6 Å². The van der Waals surface area contributed by atoms with Crippen LogP contribution in [0.4, 0.5) is 17.2 Å². The van der Waals surface area contributed by atoms with Gasteiger partial charge in [-0.15, -0.1) is 0 Å². The average Bonchev–Trinajstić information content (AvgIpc) is 2.87. The lowest BCUT2D eigenvalue weighted by Gasteiger charge is -2.36. The summed E-state index contributed by atoms with van der Waals surface area (Å²) >= 11 is 5.88. The second-order valence-electron chi connectivity index (χ2n) is 10.1. The van der Waals surface area contributed by atoms with E-state index in [4.69, 9.17) is 16.0 Å². The van der Waals surface area contributed by atoms with E-state index in [1.165, 1.54) is 12.4 Å². The fourth-order valence-electron chi connectivity index (χ4n) is 3.14. The van der Waals surface area contributed by atoms with Gasteiger partial charge in [0.2, 0.25) is 0 Å². The summed E-state index contributed by atoms with van der Waals surface area (Å²) in [5.41, 5.74) is 1.49. The molecule has 3 rings (SSSR count). The summed E-state index contributed by atoms with van der Waals surface area (Å²) < 4.78 is 6.19. The highest BCUT2D eigenvalue weighted by Gasteiger charge is 2.37. The van der Waals surface area contributed by atoms with Crippen molar-refractivity contribution in [1.29, 1.82) is 5.26 Å². The number of halogens is 1. The van der Waals surface area contributed by atoms with Crippen LogP contribution >= 0.6 is 11.6 Å². The third-order valence-corrected chi connectivity index (χ3v) is 11.2. The smallest absolute Gasteiger partial charge is 0.278 e. The van der Waals surface area contributed by atoms with Gasteiger partial charge in [0.1, 0.15) is 0 Å². The number of rotatable bonds is 9. The van der Waals surface area contributed by atoms with Crippen LogP contribution in [0.1, 0.15) is 41.6 Å². The Hall–Kier alpha value is -3.78. The van der Waals surface area contributed by atoms with Crippen molar-refractivity contribution >= 4 is 48.9 Å². The fraction of sp³-hybridized carbons (Fsp3) is 0.296. The normalized spacial score (nSPS) is 11.4. The Labute approximate surface area is 228 Å². The number of anilines is 3. The van der Waals surface area contributed by atoms with Crippen LogP contribution in [0.5, 0.6) is 0 Å². The summed E-state index contributed by atoms with van der Waals surface area (Å²) in [7, 11) is -1.91. The van der Waals surface area contributed by atoms with Crippen LogP contribution in [0, 0.1) is 11.5 Å². The number of hydrogen-bond donors (Lipinski definition) is 2. The van der Waals surface area contributed by atoms with Gasteiger partial charge in [-0.05, 0) is 66.7 Å². The fourth-order valence-corrected chi connectivity index (χ4v) is 4.30. The van der Waals surface area contributed by atoms with Crippen molar-refractivity contribution in [3.63, 3.8) is 0 Å². The molecular weight excluding hydrogens is 520 g/mol. The Morgan fingerprint density at radius 3 is 2.24 bits per heavy atom. The topological polar surface area (TPSA) is 120 Å². The molecule has 1 heterocycles. The molecule has 0 atom stereocenters. The highest BCUT2D eigenvalue weighted by atomic mass is 35.5. The van der Waals surface area contributed by atoms with E-state index in [9.17, 15) is 14.9 Å². The van der Waals surface area contributed by atoms with E-state index >= 15 is 0 Å². The maximum Gasteiger partial charge on any atom is 0.278 e. The summed E-state index contributed by atoms with van der Waals surface area (Å²) in [6, 6.07) is 13.2. The van der Waals surface area contributed by atoms with Gasteiger partial charge in [-0.1, -0.05) is 32.4 Å². The number of nitriles is 1. The summed E-state index contributed by atoms with van der Waals surface area (Å²) in [6.07, 6.45) is 4.94. The SMILES string of the molecule is CC(C)(C)[Si](C)(C)OCCN(C#N)c1ccc(NC(=O)c2nccnc2NC(=O)c2ccc(Cl)cc2)cc1. The van der Waals surface area contributed by atoms with Crippen LogP contribution < -0.4 is 15.5 Å². The first-order chi connectivity index (χ1) is 17.9. The monoisotopic (exact) mass is 550 g/mol. The molecule has 2 N–H and O–H groups in total. The van der Waals surface area contributed by atoms with Crippen molar-refractivity contribution in [3.8, 4) is 6.19 Å². The predicted molar refractivity (Wildman–Crippen MR) is 152 cm³/mol. The van der Waals surface area contributed by atoms with Gasteiger partial charge in [-0.2, -0.15) is 5.26 Å². The Bertz CT molecular complexity index is 1320. The number of carbonyl (C=O) groups excluding carboxylic acids is 2. The van der Waals surface area contributed by atoms with E-state index in [2.05, 4.69) is 60.7 Å². The molecule has 2 amide bonds. The van der Waals surface area contributed by atoms with Crippen molar-refractivity contribution in [1.82, 2.24) is 9.97 Å². The molecule has 0 saturated heterocycles. The summed E-state index contributed by atoms with van der Waals surface area (Å²) in [4.78, 5) is 35.2. The van der Waals surface area contributed by atoms with E-state index in [1.54, 1.807) is 53.4 Å². The van der Waals surface area contributed by atoms with Gasteiger partial charge in [0.05, 0.1) is 18.8 Å². The maximum absolute atomic E-state index is 12.9. The van der Waals surface area contributed by atoms with Gasteiger partial charge in [0, 0.05) is 28.7 Å². The lowest BCUT2D eigenvalue weighted by Crippen LogP contribution is -2.42. The quantitative estimate of drug-likeness (QED) is 0.192. The first kappa shape index (κ1) is 28.8. The number of amides is 2. The Morgan fingerprint density at radius 1 is 1.00 bits per heavy atom. The van der Waals surface area contributed by atoms with Crippen LogP contribution in [-0.4, -0.2) is 43.3 Å². The molecule has 198 valence electrons. The first-order valence-electron chi connectivity index (χ1n) is 12.0.